The molecule has 0 aliphatic rings. The molecule has 6 heteroatoms. The highest BCUT2D eigenvalue weighted by molar-refractivity contribution is 6.30. The Morgan fingerprint density at radius 1 is 1.00 bits per heavy atom. The van der Waals surface area contributed by atoms with Crippen molar-refractivity contribution in [3.8, 4) is 0 Å². The topological polar surface area (TPSA) is 78.4 Å². The highest BCUT2D eigenvalue weighted by Crippen LogP contribution is 2.09. The second kappa shape index (κ2) is 9.05. The van der Waals surface area contributed by atoms with Crippen molar-refractivity contribution in [2.45, 2.75) is 19.0 Å². The van der Waals surface area contributed by atoms with Crippen molar-refractivity contribution in [3.05, 3.63) is 70.7 Å². The molecule has 0 aliphatic heterocycles. The lowest BCUT2D eigenvalue weighted by Crippen LogP contribution is -2.49. The molecule has 2 rings (SSSR count). The van der Waals surface area contributed by atoms with Crippen LogP contribution in [-0.2, 0) is 22.6 Å². The molecule has 1 atom stereocenters. The average molecular weight is 347 g/mol. The maximum atomic E-state index is 12.1. The number of carbonyl (C=O) groups is 2. The normalized spacial score (nSPS) is 11.6. The second-order valence-corrected chi connectivity index (χ2v) is 5.75. The minimum atomic E-state index is -0.978. The summed E-state index contributed by atoms with van der Waals surface area (Å²) in [4.78, 5) is 24.1. The van der Waals surface area contributed by atoms with E-state index in [2.05, 4.69) is 10.6 Å². The lowest BCUT2D eigenvalue weighted by atomic mass is 10.1. The first-order chi connectivity index (χ1) is 11.6. The number of aliphatic hydroxyl groups is 1. The fourth-order valence-electron chi connectivity index (χ4n) is 2.14. The van der Waals surface area contributed by atoms with Gasteiger partial charge in [0.1, 0.15) is 6.04 Å². The predicted molar refractivity (Wildman–Crippen MR) is 92.5 cm³/mol. The number of benzene rings is 2. The smallest absolute Gasteiger partial charge is 0.245 e. The van der Waals surface area contributed by atoms with Gasteiger partial charge in [0.15, 0.2) is 0 Å². The Labute approximate surface area is 145 Å². The fourth-order valence-corrected chi connectivity index (χ4v) is 2.26. The SMILES string of the molecule is O=C(Cc1ccccc1)NC(CO)C(=O)NCc1ccc(Cl)cc1. The average Bonchev–Trinajstić information content (AvgIpc) is 2.59. The Morgan fingerprint density at radius 2 is 1.67 bits per heavy atom. The summed E-state index contributed by atoms with van der Waals surface area (Å²) in [7, 11) is 0. The van der Waals surface area contributed by atoms with Crippen LogP contribution in [-0.4, -0.2) is 29.6 Å². The zero-order valence-electron chi connectivity index (χ0n) is 13.0. The van der Waals surface area contributed by atoms with Gasteiger partial charge in [-0.25, -0.2) is 0 Å². The van der Waals surface area contributed by atoms with Crippen LogP contribution in [0.1, 0.15) is 11.1 Å². The summed E-state index contributed by atoms with van der Waals surface area (Å²) in [5.74, 6) is -0.754. The number of hydrogen-bond acceptors (Lipinski definition) is 3. The van der Waals surface area contributed by atoms with Gasteiger partial charge in [0, 0.05) is 11.6 Å². The first kappa shape index (κ1) is 18.0. The van der Waals surface area contributed by atoms with Gasteiger partial charge in [-0.3, -0.25) is 9.59 Å². The van der Waals surface area contributed by atoms with E-state index in [1.165, 1.54) is 0 Å². The van der Waals surface area contributed by atoms with E-state index < -0.39 is 18.6 Å². The second-order valence-electron chi connectivity index (χ2n) is 5.31. The summed E-state index contributed by atoms with van der Waals surface area (Å²) >= 11 is 5.80. The molecular weight excluding hydrogens is 328 g/mol. The van der Waals surface area contributed by atoms with E-state index in [1.54, 1.807) is 24.3 Å². The third-order valence-electron chi connectivity index (χ3n) is 3.42. The van der Waals surface area contributed by atoms with Crippen molar-refractivity contribution >= 4 is 23.4 Å². The first-order valence-electron chi connectivity index (χ1n) is 7.55. The van der Waals surface area contributed by atoms with Crippen LogP contribution in [0.15, 0.2) is 54.6 Å². The van der Waals surface area contributed by atoms with Crippen molar-refractivity contribution < 1.29 is 14.7 Å². The van der Waals surface area contributed by atoms with Crippen LogP contribution in [0.5, 0.6) is 0 Å². The minimum absolute atomic E-state index is 0.155. The molecule has 0 aliphatic carbocycles. The lowest BCUT2D eigenvalue weighted by Gasteiger charge is -2.16. The first-order valence-corrected chi connectivity index (χ1v) is 7.92. The molecule has 0 saturated heterocycles. The quantitative estimate of drug-likeness (QED) is 0.713. The number of aliphatic hydroxyl groups excluding tert-OH is 1. The third-order valence-corrected chi connectivity index (χ3v) is 3.67. The van der Waals surface area contributed by atoms with Crippen LogP contribution in [0.25, 0.3) is 0 Å². The van der Waals surface area contributed by atoms with Gasteiger partial charge < -0.3 is 15.7 Å². The van der Waals surface area contributed by atoms with Crippen LogP contribution in [0.3, 0.4) is 0 Å². The molecule has 126 valence electrons. The van der Waals surface area contributed by atoms with Crippen LogP contribution in [0, 0.1) is 0 Å². The minimum Gasteiger partial charge on any atom is -0.394 e. The molecule has 0 aromatic heterocycles. The van der Waals surface area contributed by atoms with Crippen LogP contribution >= 0.6 is 11.6 Å². The molecule has 0 radical (unpaired) electrons. The van der Waals surface area contributed by atoms with Crippen molar-refractivity contribution in [2.24, 2.45) is 0 Å². The van der Waals surface area contributed by atoms with Crippen LogP contribution in [0.4, 0.5) is 0 Å². The number of hydrogen-bond donors (Lipinski definition) is 3. The molecular formula is C18H19ClN2O3. The summed E-state index contributed by atoms with van der Waals surface area (Å²) in [5.41, 5.74) is 1.72. The van der Waals surface area contributed by atoms with Crippen LogP contribution in [0.2, 0.25) is 5.02 Å². The Balaban J connectivity index is 1.84. The van der Waals surface area contributed by atoms with Crippen molar-refractivity contribution in [3.63, 3.8) is 0 Å². The molecule has 2 aromatic rings. The van der Waals surface area contributed by atoms with E-state index in [-0.39, 0.29) is 12.3 Å². The largest absolute Gasteiger partial charge is 0.394 e. The molecule has 24 heavy (non-hydrogen) atoms. The Bertz CT molecular complexity index is 674. The summed E-state index contributed by atoms with van der Waals surface area (Å²) in [6, 6.07) is 15.3. The maximum absolute atomic E-state index is 12.1. The molecule has 0 heterocycles. The van der Waals surface area contributed by atoms with E-state index >= 15 is 0 Å². The number of carbonyl (C=O) groups excluding carboxylic acids is 2. The van der Waals surface area contributed by atoms with Gasteiger partial charge in [-0.1, -0.05) is 54.1 Å². The van der Waals surface area contributed by atoms with E-state index in [4.69, 9.17) is 11.6 Å². The van der Waals surface area contributed by atoms with Gasteiger partial charge in [-0.15, -0.1) is 0 Å². The maximum Gasteiger partial charge on any atom is 0.245 e. The molecule has 1 unspecified atom stereocenters. The van der Waals surface area contributed by atoms with E-state index in [9.17, 15) is 14.7 Å². The predicted octanol–water partition coefficient (Wildman–Crippen LogP) is 1.68. The third kappa shape index (κ3) is 5.68. The molecule has 0 saturated carbocycles. The Morgan fingerprint density at radius 3 is 2.29 bits per heavy atom. The number of nitrogens with one attached hydrogen (secondary N) is 2. The van der Waals surface area contributed by atoms with E-state index in [1.807, 2.05) is 30.3 Å². The monoisotopic (exact) mass is 346 g/mol. The Hall–Kier alpha value is -2.37. The highest BCUT2D eigenvalue weighted by atomic mass is 35.5. The highest BCUT2D eigenvalue weighted by Gasteiger charge is 2.19. The summed E-state index contributed by atoms with van der Waals surface area (Å²) in [6.07, 6.45) is 0.155. The van der Waals surface area contributed by atoms with Crippen LogP contribution < -0.4 is 10.6 Å². The zero-order chi connectivity index (χ0) is 17.4. The fraction of sp³-hybridized carbons (Fsp3) is 0.222. The molecule has 2 amide bonds. The van der Waals surface area contributed by atoms with Gasteiger partial charge >= 0.3 is 0 Å². The van der Waals surface area contributed by atoms with Gasteiger partial charge in [0.25, 0.3) is 0 Å². The summed E-state index contributed by atoms with van der Waals surface area (Å²) < 4.78 is 0. The molecule has 0 spiro atoms. The summed E-state index contributed by atoms with van der Waals surface area (Å²) in [6.45, 7) is -0.173. The van der Waals surface area contributed by atoms with E-state index in [0.29, 0.717) is 11.6 Å². The Kier molecular flexibility index (Phi) is 6.78. The number of rotatable bonds is 7. The van der Waals surface area contributed by atoms with Gasteiger partial charge in [-0.2, -0.15) is 0 Å². The van der Waals surface area contributed by atoms with Crippen molar-refractivity contribution in [1.29, 1.82) is 0 Å². The van der Waals surface area contributed by atoms with Crippen molar-refractivity contribution in [1.82, 2.24) is 10.6 Å². The molecule has 0 bridgehead atoms. The molecule has 3 N–H and O–H groups in total. The van der Waals surface area contributed by atoms with Gasteiger partial charge in [0.05, 0.1) is 13.0 Å². The number of halogens is 1. The van der Waals surface area contributed by atoms with E-state index in [0.717, 1.165) is 11.1 Å². The molecule has 0 fully saturated rings. The van der Waals surface area contributed by atoms with Crippen molar-refractivity contribution in [2.75, 3.05) is 6.61 Å². The lowest BCUT2D eigenvalue weighted by molar-refractivity contribution is -0.129. The van der Waals surface area contributed by atoms with Gasteiger partial charge in [-0.05, 0) is 23.3 Å². The molecule has 2 aromatic carbocycles. The standard InChI is InChI=1S/C18H19ClN2O3/c19-15-8-6-14(7-9-15)11-20-18(24)16(12-22)21-17(23)10-13-4-2-1-3-5-13/h1-9,16,22H,10-12H2,(H,20,24)(H,21,23). The zero-order valence-corrected chi connectivity index (χ0v) is 13.8. The number of amides is 2. The molecule has 5 nitrogen and oxygen atoms in total. The van der Waals surface area contributed by atoms with Gasteiger partial charge in [0.2, 0.25) is 11.8 Å². The summed E-state index contributed by atoms with van der Waals surface area (Å²) in [5, 5.41) is 15.2.